The van der Waals surface area contributed by atoms with Gasteiger partial charge in [0.15, 0.2) is 0 Å². The highest BCUT2D eigenvalue weighted by atomic mass is 16.6. The highest BCUT2D eigenvalue weighted by Crippen LogP contribution is 2.21. The summed E-state index contributed by atoms with van der Waals surface area (Å²) in [5.74, 6) is 0. The SMILES string of the molecule is O=[N+]([O-])c1cc[n+](O)c2ccccc12. The van der Waals surface area contributed by atoms with Crippen LogP contribution in [0.5, 0.6) is 0 Å². The number of aromatic nitrogens is 1. The third-order valence-corrected chi connectivity index (χ3v) is 2.00. The third kappa shape index (κ3) is 1.15. The van der Waals surface area contributed by atoms with Crippen molar-refractivity contribution in [3.05, 3.63) is 46.6 Å². The van der Waals surface area contributed by atoms with Gasteiger partial charge in [-0.2, -0.15) is 0 Å². The Morgan fingerprint density at radius 1 is 1.29 bits per heavy atom. The van der Waals surface area contributed by atoms with Gasteiger partial charge in [-0.25, -0.2) is 0 Å². The number of fused-ring (bicyclic) bond motifs is 1. The van der Waals surface area contributed by atoms with Gasteiger partial charge in [0, 0.05) is 10.8 Å². The van der Waals surface area contributed by atoms with Crippen molar-refractivity contribution < 1.29 is 14.9 Å². The monoisotopic (exact) mass is 191 g/mol. The van der Waals surface area contributed by atoms with E-state index in [1.165, 1.54) is 12.3 Å². The van der Waals surface area contributed by atoms with Gasteiger partial charge in [-0.3, -0.25) is 15.3 Å². The van der Waals surface area contributed by atoms with Gasteiger partial charge >= 0.3 is 0 Å². The third-order valence-electron chi connectivity index (χ3n) is 2.00. The van der Waals surface area contributed by atoms with Gasteiger partial charge < -0.3 is 0 Å². The zero-order valence-electron chi connectivity index (χ0n) is 7.12. The molecule has 1 aromatic carbocycles. The maximum atomic E-state index is 10.6. The van der Waals surface area contributed by atoms with Crippen LogP contribution < -0.4 is 4.73 Å². The first-order valence-corrected chi connectivity index (χ1v) is 3.97. The Morgan fingerprint density at radius 2 is 2.00 bits per heavy atom. The van der Waals surface area contributed by atoms with Crippen molar-refractivity contribution in [3.8, 4) is 0 Å². The molecule has 0 amide bonds. The van der Waals surface area contributed by atoms with Crippen LogP contribution in [0.2, 0.25) is 0 Å². The van der Waals surface area contributed by atoms with Crippen LogP contribution in [0.25, 0.3) is 10.9 Å². The van der Waals surface area contributed by atoms with E-state index in [1.54, 1.807) is 24.3 Å². The normalized spacial score (nSPS) is 10.3. The molecule has 0 unspecified atom stereocenters. The Kier molecular flexibility index (Phi) is 1.78. The van der Waals surface area contributed by atoms with Gasteiger partial charge in [-0.1, -0.05) is 12.1 Å². The summed E-state index contributed by atoms with van der Waals surface area (Å²) < 4.78 is 0.863. The lowest BCUT2D eigenvalue weighted by Crippen LogP contribution is -2.30. The highest BCUT2D eigenvalue weighted by molar-refractivity contribution is 5.84. The van der Waals surface area contributed by atoms with Gasteiger partial charge in [-0.05, 0) is 6.07 Å². The summed E-state index contributed by atoms with van der Waals surface area (Å²) in [7, 11) is 0. The molecule has 1 heterocycles. The molecule has 2 aromatic rings. The molecule has 70 valence electrons. The van der Waals surface area contributed by atoms with Crippen molar-refractivity contribution in [3.63, 3.8) is 0 Å². The summed E-state index contributed by atoms with van der Waals surface area (Å²) in [6.07, 6.45) is 1.25. The Labute approximate surface area is 78.9 Å². The van der Waals surface area contributed by atoms with Crippen molar-refractivity contribution in [2.75, 3.05) is 0 Å². The fourth-order valence-corrected chi connectivity index (χ4v) is 1.36. The molecule has 5 nitrogen and oxygen atoms in total. The molecular formula is C9H7N2O3+. The topological polar surface area (TPSA) is 67.2 Å². The van der Waals surface area contributed by atoms with Gasteiger partial charge in [-0.15, -0.1) is 0 Å². The number of benzene rings is 1. The van der Waals surface area contributed by atoms with Crippen LogP contribution in [0.4, 0.5) is 5.69 Å². The number of pyridine rings is 1. The Balaban J connectivity index is 2.88. The lowest BCUT2D eigenvalue weighted by molar-refractivity contribution is -0.884. The molecule has 1 N–H and O–H groups in total. The first-order chi connectivity index (χ1) is 6.70. The van der Waals surface area contributed by atoms with E-state index in [0.29, 0.717) is 10.9 Å². The lowest BCUT2D eigenvalue weighted by atomic mass is 10.2. The molecule has 0 saturated carbocycles. The van der Waals surface area contributed by atoms with E-state index >= 15 is 0 Å². The molecule has 14 heavy (non-hydrogen) atoms. The summed E-state index contributed by atoms with van der Waals surface area (Å²) >= 11 is 0. The second-order valence-electron chi connectivity index (χ2n) is 2.82. The smallest absolute Gasteiger partial charge is 0.285 e. The van der Waals surface area contributed by atoms with Crippen LogP contribution in [-0.2, 0) is 0 Å². The summed E-state index contributed by atoms with van der Waals surface area (Å²) in [6, 6.07) is 7.87. The van der Waals surface area contributed by atoms with Gasteiger partial charge in [0.2, 0.25) is 6.20 Å². The highest BCUT2D eigenvalue weighted by Gasteiger charge is 2.18. The number of hydrogen-bond acceptors (Lipinski definition) is 3. The molecule has 0 aliphatic heterocycles. The van der Waals surface area contributed by atoms with E-state index in [4.69, 9.17) is 0 Å². The number of nitro groups is 1. The summed E-state index contributed by atoms with van der Waals surface area (Å²) in [6.45, 7) is 0. The van der Waals surface area contributed by atoms with Crippen LogP contribution >= 0.6 is 0 Å². The molecule has 0 spiro atoms. The molecule has 0 radical (unpaired) electrons. The maximum absolute atomic E-state index is 10.6. The van der Waals surface area contributed by atoms with E-state index in [-0.39, 0.29) is 5.69 Å². The van der Waals surface area contributed by atoms with Crippen LogP contribution in [0.3, 0.4) is 0 Å². The minimum absolute atomic E-state index is 0.00843. The van der Waals surface area contributed by atoms with Crippen molar-refractivity contribution >= 4 is 16.6 Å². The van der Waals surface area contributed by atoms with E-state index in [1.807, 2.05) is 0 Å². The Morgan fingerprint density at radius 3 is 2.71 bits per heavy atom. The minimum Gasteiger partial charge on any atom is -0.285 e. The molecular weight excluding hydrogens is 184 g/mol. The van der Waals surface area contributed by atoms with Crippen molar-refractivity contribution in [2.24, 2.45) is 0 Å². The molecule has 0 aliphatic carbocycles. The molecule has 0 fully saturated rings. The largest absolute Gasteiger partial charge is 0.289 e. The Hall–Kier alpha value is -2.17. The van der Waals surface area contributed by atoms with Crippen molar-refractivity contribution in [1.29, 1.82) is 0 Å². The predicted molar refractivity (Wildman–Crippen MR) is 48.0 cm³/mol. The average molecular weight is 191 g/mol. The number of rotatable bonds is 1. The second kappa shape index (κ2) is 2.95. The van der Waals surface area contributed by atoms with E-state index in [0.717, 1.165) is 4.73 Å². The van der Waals surface area contributed by atoms with Crippen molar-refractivity contribution in [1.82, 2.24) is 0 Å². The van der Waals surface area contributed by atoms with Gasteiger partial charge in [0.1, 0.15) is 5.39 Å². The molecule has 0 saturated heterocycles. The standard InChI is InChI=1S/C9H7N2O3/c12-10-6-5-9(11(13)14)7-3-1-2-4-8(7)10/h1-6,12H/q+1. The molecule has 1 aromatic heterocycles. The summed E-state index contributed by atoms with van der Waals surface area (Å²) in [4.78, 5) is 10.2. The summed E-state index contributed by atoms with van der Waals surface area (Å²) in [5, 5.41) is 20.4. The maximum Gasteiger partial charge on any atom is 0.289 e. The predicted octanol–water partition coefficient (Wildman–Crippen LogP) is 1.27. The molecule has 0 aliphatic rings. The van der Waals surface area contributed by atoms with Crippen LogP contribution in [0.15, 0.2) is 36.5 Å². The molecule has 2 rings (SSSR count). The zero-order chi connectivity index (χ0) is 10.1. The quantitative estimate of drug-likeness (QED) is 0.319. The first kappa shape index (κ1) is 8.43. The molecule has 0 atom stereocenters. The van der Waals surface area contributed by atoms with E-state index < -0.39 is 4.92 Å². The van der Waals surface area contributed by atoms with Gasteiger partial charge in [0.25, 0.3) is 11.2 Å². The second-order valence-corrected chi connectivity index (χ2v) is 2.82. The van der Waals surface area contributed by atoms with Crippen LogP contribution in [0, 0.1) is 10.1 Å². The lowest BCUT2D eigenvalue weighted by Gasteiger charge is -1.94. The zero-order valence-corrected chi connectivity index (χ0v) is 7.12. The fourth-order valence-electron chi connectivity index (χ4n) is 1.36. The number of para-hydroxylation sites is 1. The van der Waals surface area contributed by atoms with E-state index in [2.05, 4.69) is 0 Å². The van der Waals surface area contributed by atoms with Crippen LogP contribution in [0.1, 0.15) is 0 Å². The number of nitrogens with zero attached hydrogens (tertiary/aromatic N) is 2. The fraction of sp³-hybridized carbons (Fsp3) is 0. The average Bonchev–Trinajstić information content (AvgIpc) is 2.18. The summed E-state index contributed by atoms with van der Waals surface area (Å²) in [5.41, 5.74) is 0.410. The van der Waals surface area contributed by atoms with Gasteiger partial charge in [0.05, 0.1) is 11.0 Å². The van der Waals surface area contributed by atoms with E-state index in [9.17, 15) is 15.3 Å². The molecule has 0 bridgehead atoms. The molecule has 5 heteroatoms. The first-order valence-electron chi connectivity index (χ1n) is 3.97. The van der Waals surface area contributed by atoms with Crippen molar-refractivity contribution in [2.45, 2.75) is 0 Å². The minimum atomic E-state index is -0.470. The number of hydrogen-bond donors (Lipinski definition) is 1. The Bertz CT molecular complexity index is 510. The van der Waals surface area contributed by atoms with Crippen LogP contribution in [-0.4, -0.2) is 10.1 Å².